The Labute approximate surface area is 158 Å². The maximum absolute atomic E-state index is 12.6. The summed E-state index contributed by atoms with van der Waals surface area (Å²) >= 11 is 0. The first-order chi connectivity index (χ1) is 11.7. The zero-order chi connectivity index (χ0) is 20.4. The zero-order valence-electron chi connectivity index (χ0n) is 12.1. The Balaban J connectivity index is 0.000000483. The number of rotatable bonds is 2. The molecule has 0 atom stereocenters. The molecular formula is C12H4CuF6O6S2. The van der Waals surface area contributed by atoms with Gasteiger partial charge < -0.3 is 9.11 Å². The smallest absolute Gasteiger partial charge is 0.744 e. The minimum absolute atomic E-state index is 0. The van der Waals surface area contributed by atoms with Crippen molar-refractivity contribution in [3.63, 3.8) is 0 Å². The molecular weight excluding hydrogens is 482 g/mol. The third-order valence-electron chi connectivity index (χ3n) is 2.54. The van der Waals surface area contributed by atoms with Crippen molar-refractivity contribution in [1.29, 1.82) is 0 Å². The van der Waals surface area contributed by atoms with E-state index in [1.165, 1.54) is 0 Å². The maximum atomic E-state index is 12.6. The first-order valence-corrected chi connectivity index (χ1v) is 8.68. The molecule has 2 rings (SSSR count). The third-order valence-corrected chi connectivity index (χ3v) is 4.25. The SMILES string of the molecule is O=S(=O)([O-])c1ccc(F)c(F)c1F.O=S(=O)([O-])c1ccc(F)c(F)c1F.[Cu+2]. The van der Waals surface area contributed by atoms with Crippen LogP contribution < -0.4 is 0 Å². The van der Waals surface area contributed by atoms with Gasteiger partial charge in [-0.25, -0.2) is 43.2 Å². The molecule has 0 bridgehead atoms. The minimum Gasteiger partial charge on any atom is -0.744 e. The van der Waals surface area contributed by atoms with Crippen LogP contribution in [0.1, 0.15) is 0 Å². The first kappa shape index (κ1) is 25.4. The standard InChI is InChI=1S/2C6H3F3O3S.Cu/c2*7-3-1-2-4(13(10,11)12)6(9)5(3)8;/h2*1-2H,(H,10,11,12);/q;;+2/p-2. The van der Waals surface area contributed by atoms with Gasteiger partial charge in [0, 0.05) is 0 Å². The average molecular weight is 486 g/mol. The van der Waals surface area contributed by atoms with Gasteiger partial charge in [-0.1, -0.05) is 0 Å². The molecule has 2 aromatic carbocycles. The molecule has 0 aliphatic carbocycles. The summed E-state index contributed by atoms with van der Waals surface area (Å²) in [5.74, 6) is -11.0. The molecule has 0 spiro atoms. The minimum atomic E-state index is -5.10. The van der Waals surface area contributed by atoms with Crippen molar-refractivity contribution < 1.29 is 69.4 Å². The quantitative estimate of drug-likeness (QED) is 0.278. The Morgan fingerprint density at radius 1 is 0.556 bits per heavy atom. The largest absolute Gasteiger partial charge is 2.00 e. The second kappa shape index (κ2) is 9.03. The van der Waals surface area contributed by atoms with E-state index in [1.807, 2.05) is 0 Å². The molecule has 153 valence electrons. The van der Waals surface area contributed by atoms with Crippen LogP contribution in [0, 0.1) is 34.9 Å². The van der Waals surface area contributed by atoms with E-state index in [1.54, 1.807) is 0 Å². The van der Waals surface area contributed by atoms with Crippen molar-refractivity contribution in [1.82, 2.24) is 0 Å². The van der Waals surface area contributed by atoms with E-state index < -0.39 is 64.9 Å². The summed E-state index contributed by atoms with van der Waals surface area (Å²) in [6, 6.07) is 1.47. The van der Waals surface area contributed by atoms with Crippen molar-refractivity contribution >= 4 is 20.2 Å². The summed E-state index contributed by atoms with van der Waals surface area (Å²) in [4.78, 5) is -2.79. The van der Waals surface area contributed by atoms with Crippen molar-refractivity contribution in [2.75, 3.05) is 0 Å². The van der Waals surface area contributed by atoms with Crippen molar-refractivity contribution in [3.8, 4) is 0 Å². The normalized spacial score (nSPS) is 11.3. The van der Waals surface area contributed by atoms with Gasteiger partial charge in [0.25, 0.3) is 0 Å². The van der Waals surface area contributed by atoms with Gasteiger partial charge in [-0.2, -0.15) is 0 Å². The van der Waals surface area contributed by atoms with Crippen LogP contribution in [0.2, 0.25) is 0 Å². The summed E-state index contributed by atoms with van der Waals surface area (Å²) in [5.41, 5.74) is 0. The molecule has 0 heterocycles. The molecule has 0 aliphatic heterocycles. The second-order valence-corrected chi connectivity index (χ2v) is 6.95. The molecule has 6 nitrogen and oxygen atoms in total. The van der Waals surface area contributed by atoms with Crippen LogP contribution in [0.4, 0.5) is 26.3 Å². The van der Waals surface area contributed by atoms with Gasteiger partial charge in [0.05, 0.1) is 9.79 Å². The summed E-state index contributed by atoms with van der Waals surface area (Å²) in [7, 11) is -10.2. The van der Waals surface area contributed by atoms with Gasteiger partial charge in [-0.3, -0.25) is 0 Å². The molecule has 15 heteroatoms. The zero-order valence-corrected chi connectivity index (χ0v) is 14.7. The van der Waals surface area contributed by atoms with Gasteiger partial charge in [0.2, 0.25) is 0 Å². The summed E-state index contributed by atoms with van der Waals surface area (Å²) in [6.07, 6.45) is 0. The maximum Gasteiger partial charge on any atom is 2.00 e. The van der Waals surface area contributed by atoms with E-state index in [9.17, 15) is 52.3 Å². The molecule has 0 aliphatic rings. The number of hydrogen-bond donors (Lipinski definition) is 0. The third kappa shape index (κ3) is 6.19. The molecule has 0 fully saturated rings. The van der Waals surface area contributed by atoms with Crippen LogP contribution in [0.3, 0.4) is 0 Å². The van der Waals surface area contributed by atoms with Crippen LogP contribution in [0.5, 0.6) is 0 Å². The summed E-state index contributed by atoms with van der Waals surface area (Å²) in [5, 5.41) is 0. The molecule has 0 unspecified atom stereocenters. The molecule has 27 heavy (non-hydrogen) atoms. The Morgan fingerprint density at radius 2 is 0.815 bits per heavy atom. The second-order valence-electron chi connectivity index (χ2n) is 4.26. The fourth-order valence-corrected chi connectivity index (χ4v) is 2.49. The molecule has 0 aromatic heterocycles. The molecule has 1 radical (unpaired) electrons. The Kier molecular flexibility index (Phi) is 8.48. The fourth-order valence-electron chi connectivity index (χ4n) is 1.40. The summed E-state index contributed by atoms with van der Waals surface area (Å²) in [6.45, 7) is 0. The number of benzene rings is 2. The monoisotopic (exact) mass is 485 g/mol. The predicted molar refractivity (Wildman–Crippen MR) is 68.6 cm³/mol. The van der Waals surface area contributed by atoms with Gasteiger partial charge in [0.1, 0.15) is 20.2 Å². The Morgan fingerprint density at radius 3 is 1.04 bits per heavy atom. The van der Waals surface area contributed by atoms with E-state index in [2.05, 4.69) is 0 Å². The topological polar surface area (TPSA) is 114 Å². The predicted octanol–water partition coefficient (Wildman–Crippen LogP) is 2.01. The Hall–Kier alpha value is -1.64. The Bertz CT molecular complexity index is 973. The number of hydrogen-bond acceptors (Lipinski definition) is 6. The van der Waals surface area contributed by atoms with E-state index in [-0.39, 0.29) is 17.1 Å². The fraction of sp³-hybridized carbons (Fsp3) is 0. The van der Waals surface area contributed by atoms with Crippen LogP contribution in [-0.4, -0.2) is 25.9 Å². The molecule has 0 N–H and O–H groups in total. The van der Waals surface area contributed by atoms with Crippen LogP contribution in [-0.2, 0) is 37.3 Å². The van der Waals surface area contributed by atoms with Gasteiger partial charge >= 0.3 is 17.1 Å². The van der Waals surface area contributed by atoms with E-state index in [4.69, 9.17) is 0 Å². The van der Waals surface area contributed by atoms with E-state index >= 15 is 0 Å². The average Bonchev–Trinajstić information content (AvgIpc) is 2.48. The molecule has 0 amide bonds. The first-order valence-electron chi connectivity index (χ1n) is 5.86. The van der Waals surface area contributed by atoms with Crippen LogP contribution in [0.25, 0.3) is 0 Å². The van der Waals surface area contributed by atoms with E-state index in [0.29, 0.717) is 24.3 Å². The molecule has 0 saturated carbocycles. The van der Waals surface area contributed by atoms with Crippen molar-refractivity contribution in [2.24, 2.45) is 0 Å². The molecule has 2 aromatic rings. The van der Waals surface area contributed by atoms with Crippen molar-refractivity contribution in [3.05, 3.63) is 59.2 Å². The van der Waals surface area contributed by atoms with Crippen LogP contribution in [0.15, 0.2) is 34.1 Å². The number of halogens is 6. The van der Waals surface area contributed by atoms with Gasteiger partial charge in [-0.05, 0) is 24.3 Å². The van der Waals surface area contributed by atoms with Crippen LogP contribution >= 0.6 is 0 Å². The summed E-state index contributed by atoms with van der Waals surface area (Å²) < 4.78 is 136. The van der Waals surface area contributed by atoms with Gasteiger partial charge in [-0.15, -0.1) is 0 Å². The van der Waals surface area contributed by atoms with Crippen molar-refractivity contribution in [2.45, 2.75) is 9.79 Å². The van der Waals surface area contributed by atoms with E-state index in [0.717, 1.165) is 0 Å². The van der Waals surface area contributed by atoms with Gasteiger partial charge in [0.15, 0.2) is 34.9 Å². The molecule has 0 saturated heterocycles.